The molecule has 0 radical (unpaired) electrons. The maximum absolute atomic E-state index is 13.6. The number of fused-ring (bicyclic) bond motifs is 1. The second-order valence-electron chi connectivity index (χ2n) is 8.95. The van der Waals surface area contributed by atoms with Gasteiger partial charge in [0.2, 0.25) is 0 Å². The first-order valence-corrected chi connectivity index (χ1v) is 13.3. The number of amides is 1. The lowest BCUT2D eigenvalue weighted by molar-refractivity contribution is -0.122. The molecule has 1 N–H and O–H groups in total. The standard InChI is InChI=1S/C26H25ClN4O2S2/c1-16-11-12-22-29-23(28-18-8-3-2-4-9-18)19(24(32)30(22)14-16)13-21-25(33)31(26(34)35-21)15-17-7-5-6-10-20(17)27/h5-7,10-14,18,28H,2-4,8-9,15H2,1H3/b21-13+. The molecular weight excluding hydrogens is 500 g/mol. The van der Waals surface area contributed by atoms with E-state index in [4.69, 9.17) is 28.8 Å². The Morgan fingerprint density at radius 3 is 2.71 bits per heavy atom. The highest BCUT2D eigenvalue weighted by molar-refractivity contribution is 8.26. The number of aryl methyl sites for hydroxylation is 1. The lowest BCUT2D eigenvalue weighted by atomic mass is 9.95. The summed E-state index contributed by atoms with van der Waals surface area (Å²) in [4.78, 5) is 33.6. The summed E-state index contributed by atoms with van der Waals surface area (Å²) in [6.07, 6.45) is 9.02. The number of halogens is 1. The summed E-state index contributed by atoms with van der Waals surface area (Å²) in [5, 5.41) is 4.08. The van der Waals surface area contributed by atoms with Crippen LogP contribution >= 0.6 is 35.6 Å². The van der Waals surface area contributed by atoms with Gasteiger partial charge in [-0.1, -0.05) is 79.1 Å². The zero-order valence-electron chi connectivity index (χ0n) is 19.3. The molecule has 1 saturated heterocycles. The minimum Gasteiger partial charge on any atom is -0.367 e. The number of nitrogens with zero attached hydrogens (tertiary/aromatic N) is 3. The maximum Gasteiger partial charge on any atom is 0.267 e. The van der Waals surface area contributed by atoms with Crippen LogP contribution in [0.4, 0.5) is 5.82 Å². The fraction of sp³-hybridized carbons (Fsp3) is 0.308. The first kappa shape index (κ1) is 24.0. The van der Waals surface area contributed by atoms with E-state index in [-0.39, 0.29) is 24.1 Å². The van der Waals surface area contributed by atoms with Crippen molar-refractivity contribution in [1.82, 2.24) is 14.3 Å². The molecule has 9 heteroatoms. The van der Waals surface area contributed by atoms with Crippen LogP contribution in [0.15, 0.2) is 52.3 Å². The summed E-state index contributed by atoms with van der Waals surface area (Å²) in [7, 11) is 0. The van der Waals surface area contributed by atoms with Crippen molar-refractivity contribution in [1.29, 1.82) is 0 Å². The van der Waals surface area contributed by atoms with Gasteiger partial charge in [0.05, 0.1) is 17.0 Å². The number of hydrogen-bond acceptors (Lipinski definition) is 6. The van der Waals surface area contributed by atoms with Crippen LogP contribution in [0.3, 0.4) is 0 Å². The first-order chi connectivity index (χ1) is 16.9. The van der Waals surface area contributed by atoms with Crippen molar-refractivity contribution in [3.63, 3.8) is 0 Å². The fourth-order valence-corrected chi connectivity index (χ4v) is 5.94. The van der Waals surface area contributed by atoms with E-state index in [9.17, 15) is 9.59 Å². The molecule has 0 bridgehead atoms. The lowest BCUT2D eigenvalue weighted by Gasteiger charge is -2.24. The summed E-state index contributed by atoms with van der Waals surface area (Å²) in [6, 6.07) is 11.4. The molecule has 2 aromatic heterocycles. The molecule has 35 heavy (non-hydrogen) atoms. The molecule has 2 fully saturated rings. The van der Waals surface area contributed by atoms with Crippen molar-refractivity contribution in [3.8, 4) is 0 Å². The van der Waals surface area contributed by atoms with Crippen LogP contribution in [0.1, 0.15) is 48.8 Å². The van der Waals surface area contributed by atoms with E-state index in [1.807, 2.05) is 37.3 Å². The number of thiocarbonyl (C=S) groups is 1. The molecule has 2 aliphatic rings. The molecule has 180 valence electrons. The number of rotatable bonds is 5. The molecule has 0 spiro atoms. The van der Waals surface area contributed by atoms with E-state index in [1.54, 1.807) is 18.3 Å². The summed E-state index contributed by atoms with van der Waals surface area (Å²) in [6.45, 7) is 2.21. The van der Waals surface area contributed by atoms with Crippen LogP contribution in [0.5, 0.6) is 0 Å². The van der Waals surface area contributed by atoms with E-state index >= 15 is 0 Å². The van der Waals surface area contributed by atoms with Gasteiger partial charge in [0.15, 0.2) is 0 Å². The molecule has 3 heterocycles. The normalized spacial score (nSPS) is 18.1. The highest BCUT2D eigenvalue weighted by Crippen LogP contribution is 2.35. The van der Waals surface area contributed by atoms with Gasteiger partial charge in [-0.05, 0) is 49.1 Å². The zero-order chi connectivity index (χ0) is 24.5. The third-order valence-corrected chi connectivity index (χ3v) is 8.13. The van der Waals surface area contributed by atoms with Crippen molar-refractivity contribution in [2.75, 3.05) is 5.32 Å². The van der Waals surface area contributed by atoms with Crippen molar-refractivity contribution in [3.05, 3.63) is 79.6 Å². The number of nitrogens with one attached hydrogen (secondary N) is 1. The number of hydrogen-bond donors (Lipinski definition) is 1. The van der Waals surface area contributed by atoms with Gasteiger partial charge >= 0.3 is 0 Å². The summed E-state index contributed by atoms with van der Waals surface area (Å²) in [5.74, 6) is 0.277. The third kappa shape index (κ3) is 5.01. The average molecular weight is 525 g/mol. The van der Waals surface area contributed by atoms with E-state index < -0.39 is 0 Å². The minimum absolute atomic E-state index is 0.214. The van der Waals surface area contributed by atoms with Gasteiger partial charge in [0, 0.05) is 17.3 Å². The number of carbonyl (C=O) groups excluding carboxylic acids is 1. The monoisotopic (exact) mass is 524 g/mol. The van der Waals surface area contributed by atoms with Crippen molar-refractivity contribution in [2.45, 2.75) is 51.6 Å². The number of benzene rings is 1. The summed E-state index contributed by atoms with van der Waals surface area (Å²) >= 11 is 13.0. The molecule has 3 aromatic rings. The predicted octanol–water partition coefficient (Wildman–Crippen LogP) is 5.80. The van der Waals surface area contributed by atoms with E-state index in [2.05, 4.69) is 5.32 Å². The number of pyridine rings is 1. The Labute approximate surface area is 218 Å². The molecule has 0 unspecified atom stereocenters. The Bertz CT molecular complexity index is 1410. The number of carbonyl (C=O) groups is 1. The van der Waals surface area contributed by atoms with Crippen molar-refractivity contribution < 1.29 is 4.79 Å². The Morgan fingerprint density at radius 2 is 1.94 bits per heavy atom. The molecule has 0 atom stereocenters. The maximum atomic E-state index is 13.6. The summed E-state index contributed by atoms with van der Waals surface area (Å²) < 4.78 is 1.98. The Hall–Kier alpha value is -2.68. The van der Waals surface area contributed by atoms with Gasteiger partial charge in [-0.3, -0.25) is 18.9 Å². The van der Waals surface area contributed by atoms with Crippen LogP contribution in [0.2, 0.25) is 5.02 Å². The molecule has 5 rings (SSSR count). The number of anilines is 1. The Kier molecular flexibility index (Phi) is 6.95. The molecule has 1 aliphatic heterocycles. The third-order valence-electron chi connectivity index (χ3n) is 6.39. The highest BCUT2D eigenvalue weighted by Gasteiger charge is 2.33. The van der Waals surface area contributed by atoms with Crippen LogP contribution < -0.4 is 10.9 Å². The predicted molar refractivity (Wildman–Crippen MR) is 147 cm³/mol. The van der Waals surface area contributed by atoms with E-state index in [1.165, 1.54) is 27.5 Å². The SMILES string of the molecule is Cc1ccc2nc(NC3CCCCC3)c(/C=C3/SC(=S)N(Cc4ccccc4Cl)C3=O)c(=O)n2c1. The Balaban J connectivity index is 1.54. The van der Waals surface area contributed by atoms with Crippen LogP contribution in [-0.2, 0) is 11.3 Å². The molecular formula is C26H25ClN4O2S2. The topological polar surface area (TPSA) is 66.7 Å². The second-order valence-corrected chi connectivity index (χ2v) is 11.0. The summed E-state index contributed by atoms with van der Waals surface area (Å²) in [5.41, 5.74) is 2.49. The lowest BCUT2D eigenvalue weighted by Crippen LogP contribution is -2.28. The number of aromatic nitrogens is 2. The fourth-order valence-electron chi connectivity index (χ4n) is 4.50. The van der Waals surface area contributed by atoms with Gasteiger partial charge in [0.1, 0.15) is 15.8 Å². The van der Waals surface area contributed by atoms with Gasteiger partial charge in [-0.15, -0.1) is 0 Å². The van der Waals surface area contributed by atoms with Gasteiger partial charge in [-0.2, -0.15) is 0 Å². The quantitative estimate of drug-likeness (QED) is 0.336. The van der Waals surface area contributed by atoms with E-state index in [0.29, 0.717) is 31.3 Å². The van der Waals surface area contributed by atoms with E-state index in [0.717, 1.165) is 36.8 Å². The highest BCUT2D eigenvalue weighted by atomic mass is 35.5. The van der Waals surface area contributed by atoms with Crippen molar-refractivity contribution in [2.24, 2.45) is 0 Å². The molecule has 1 amide bonds. The number of thioether (sulfide) groups is 1. The van der Waals surface area contributed by atoms with Crippen LogP contribution in [0.25, 0.3) is 11.7 Å². The first-order valence-electron chi connectivity index (χ1n) is 11.7. The molecule has 1 saturated carbocycles. The Morgan fingerprint density at radius 1 is 1.17 bits per heavy atom. The minimum atomic E-state index is -0.239. The largest absolute Gasteiger partial charge is 0.367 e. The molecule has 1 aromatic carbocycles. The second kappa shape index (κ2) is 10.1. The molecule has 1 aliphatic carbocycles. The van der Waals surface area contributed by atoms with Crippen LogP contribution in [-0.4, -0.2) is 30.6 Å². The van der Waals surface area contributed by atoms with Gasteiger partial charge < -0.3 is 5.32 Å². The van der Waals surface area contributed by atoms with Gasteiger partial charge in [-0.25, -0.2) is 4.98 Å². The van der Waals surface area contributed by atoms with Gasteiger partial charge in [0.25, 0.3) is 11.5 Å². The zero-order valence-corrected chi connectivity index (χ0v) is 21.7. The average Bonchev–Trinajstić information content (AvgIpc) is 3.11. The van der Waals surface area contributed by atoms with Crippen molar-refractivity contribution >= 4 is 63.3 Å². The molecule has 6 nitrogen and oxygen atoms in total. The van der Waals surface area contributed by atoms with Crippen LogP contribution in [0, 0.1) is 6.92 Å². The smallest absolute Gasteiger partial charge is 0.267 e.